The van der Waals surface area contributed by atoms with Gasteiger partial charge in [-0.25, -0.2) is 4.98 Å². The van der Waals surface area contributed by atoms with Gasteiger partial charge in [0.2, 0.25) is 4.77 Å². The van der Waals surface area contributed by atoms with Gasteiger partial charge in [-0.2, -0.15) is 0 Å². The minimum absolute atomic E-state index is 0.0287. The van der Waals surface area contributed by atoms with Crippen LogP contribution in [0.1, 0.15) is 11.1 Å². The summed E-state index contributed by atoms with van der Waals surface area (Å²) < 4.78 is 2.15. The zero-order chi connectivity index (χ0) is 19.1. The summed E-state index contributed by atoms with van der Waals surface area (Å²) in [6.45, 7) is 4.10. The van der Waals surface area contributed by atoms with Crippen LogP contribution in [-0.2, 0) is 0 Å². The third kappa shape index (κ3) is 2.92. The van der Waals surface area contributed by atoms with E-state index in [4.69, 9.17) is 12.2 Å². The van der Waals surface area contributed by atoms with Gasteiger partial charge in [0, 0.05) is 29.6 Å². The van der Waals surface area contributed by atoms with Gasteiger partial charge in [-0.15, -0.1) is 0 Å². The maximum absolute atomic E-state index is 11.4. The molecule has 27 heavy (non-hydrogen) atoms. The van der Waals surface area contributed by atoms with Crippen LogP contribution in [0, 0.1) is 28.7 Å². The Labute approximate surface area is 160 Å². The molecular formula is C20H16N4O2S. The van der Waals surface area contributed by atoms with Gasteiger partial charge < -0.3 is 4.98 Å². The monoisotopic (exact) mass is 376 g/mol. The number of imidazole rings is 1. The SMILES string of the molecule is Cc1ccc(-c2cn3c(=S)ncc(-c4ccccc4[N+](=O)[O-])c3[nH]2)c(C)c1. The Hall–Kier alpha value is -3.32. The fourth-order valence-corrected chi connectivity index (χ4v) is 3.51. The second kappa shape index (κ2) is 6.44. The molecule has 7 heteroatoms. The molecule has 0 aliphatic rings. The lowest BCUT2D eigenvalue weighted by Gasteiger charge is -2.05. The Morgan fingerprint density at radius 2 is 1.89 bits per heavy atom. The molecule has 0 spiro atoms. The van der Waals surface area contributed by atoms with Crippen LogP contribution in [0.5, 0.6) is 0 Å². The number of nitrogens with zero attached hydrogens (tertiary/aromatic N) is 3. The van der Waals surface area contributed by atoms with Crippen LogP contribution < -0.4 is 0 Å². The van der Waals surface area contributed by atoms with Gasteiger partial charge in [-0.05, 0) is 37.7 Å². The Kier molecular flexibility index (Phi) is 4.08. The Morgan fingerprint density at radius 1 is 1.11 bits per heavy atom. The van der Waals surface area contributed by atoms with Crippen molar-refractivity contribution in [2.24, 2.45) is 0 Å². The maximum atomic E-state index is 11.4. The number of aromatic nitrogens is 3. The van der Waals surface area contributed by atoms with Gasteiger partial charge in [0.05, 0.1) is 16.2 Å². The summed E-state index contributed by atoms with van der Waals surface area (Å²) in [7, 11) is 0. The van der Waals surface area contributed by atoms with Crippen LogP contribution in [0.15, 0.2) is 54.9 Å². The molecule has 0 fully saturated rings. The number of benzene rings is 2. The van der Waals surface area contributed by atoms with Gasteiger partial charge in [-0.3, -0.25) is 14.5 Å². The third-order valence-corrected chi connectivity index (χ3v) is 4.88. The molecule has 0 bridgehead atoms. The van der Waals surface area contributed by atoms with Crippen molar-refractivity contribution in [2.75, 3.05) is 0 Å². The molecule has 0 radical (unpaired) electrons. The van der Waals surface area contributed by atoms with Crippen LogP contribution in [0.4, 0.5) is 5.69 Å². The molecule has 0 aliphatic carbocycles. The van der Waals surface area contributed by atoms with Crippen LogP contribution in [0.25, 0.3) is 28.0 Å². The van der Waals surface area contributed by atoms with Crippen molar-refractivity contribution in [1.82, 2.24) is 14.4 Å². The molecule has 134 valence electrons. The highest BCUT2D eigenvalue weighted by molar-refractivity contribution is 7.71. The smallest absolute Gasteiger partial charge is 0.277 e. The first kappa shape index (κ1) is 17.1. The number of hydrogen-bond acceptors (Lipinski definition) is 4. The first-order chi connectivity index (χ1) is 13.0. The van der Waals surface area contributed by atoms with Crippen molar-refractivity contribution in [1.29, 1.82) is 0 Å². The topological polar surface area (TPSA) is 76.2 Å². The van der Waals surface area contributed by atoms with Gasteiger partial charge in [0.15, 0.2) is 0 Å². The molecule has 0 aliphatic heterocycles. The third-order valence-electron chi connectivity index (χ3n) is 4.58. The number of aromatic amines is 1. The van der Waals surface area contributed by atoms with E-state index in [2.05, 4.69) is 29.0 Å². The second-order valence-electron chi connectivity index (χ2n) is 6.43. The molecule has 2 aromatic carbocycles. The summed E-state index contributed by atoms with van der Waals surface area (Å²) >= 11 is 5.36. The van der Waals surface area contributed by atoms with Crippen molar-refractivity contribution in [3.8, 4) is 22.4 Å². The molecular weight excluding hydrogens is 360 g/mol. The molecule has 1 N–H and O–H groups in total. The first-order valence-corrected chi connectivity index (χ1v) is 8.78. The minimum atomic E-state index is -0.387. The molecule has 4 rings (SSSR count). The van der Waals surface area contributed by atoms with Gasteiger partial charge >= 0.3 is 0 Å². The zero-order valence-corrected chi connectivity index (χ0v) is 15.6. The van der Waals surface area contributed by atoms with E-state index in [9.17, 15) is 10.1 Å². The van der Waals surface area contributed by atoms with Crippen molar-refractivity contribution >= 4 is 23.6 Å². The Morgan fingerprint density at radius 3 is 2.63 bits per heavy atom. The summed E-state index contributed by atoms with van der Waals surface area (Å²) in [5.74, 6) is 0. The van der Waals surface area contributed by atoms with Gasteiger partial charge in [-0.1, -0.05) is 35.9 Å². The number of H-pyrrole nitrogens is 1. The van der Waals surface area contributed by atoms with Crippen molar-refractivity contribution in [3.05, 3.63) is 80.9 Å². The highest BCUT2D eigenvalue weighted by Gasteiger charge is 2.19. The van der Waals surface area contributed by atoms with E-state index in [0.717, 1.165) is 16.8 Å². The zero-order valence-electron chi connectivity index (χ0n) is 14.8. The van der Waals surface area contributed by atoms with Gasteiger partial charge in [0.25, 0.3) is 5.69 Å². The quantitative estimate of drug-likeness (QED) is 0.301. The lowest BCUT2D eigenvalue weighted by atomic mass is 10.0. The number of para-hydroxylation sites is 1. The highest BCUT2D eigenvalue weighted by atomic mass is 32.1. The van der Waals surface area contributed by atoms with Gasteiger partial charge in [0.1, 0.15) is 5.65 Å². The molecule has 0 unspecified atom stereocenters. The number of nitrogens with one attached hydrogen (secondary N) is 1. The van der Waals surface area contributed by atoms with Crippen molar-refractivity contribution in [2.45, 2.75) is 13.8 Å². The standard InChI is InChI=1S/C20H16N4O2S/c1-12-7-8-14(13(2)9-12)17-11-23-19(22-17)16(10-21-20(23)27)15-5-3-4-6-18(15)24(25)26/h3-11,22H,1-2H3. The molecule has 2 heterocycles. The highest BCUT2D eigenvalue weighted by Crippen LogP contribution is 2.33. The van der Waals surface area contributed by atoms with E-state index in [-0.39, 0.29) is 10.6 Å². The predicted molar refractivity (Wildman–Crippen MR) is 107 cm³/mol. The first-order valence-electron chi connectivity index (χ1n) is 8.37. The van der Waals surface area contributed by atoms with Crippen LogP contribution in [-0.4, -0.2) is 19.3 Å². The largest absolute Gasteiger partial charge is 0.339 e. The Balaban J connectivity index is 2.00. The maximum Gasteiger partial charge on any atom is 0.277 e. The number of aryl methyl sites for hydroxylation is 2. The number of fused-ring (bicyclic) bond motifs is 1. The number of hydrogen-bond donors (Lipinski definition) is 1. The van der Waals surface area contributed by atoms with E-state index in [1.165, 1.54) is 11.6 Å². The fraction of sp³-hybridized carbons (Fsp3) is 0.100. The van der Waals surface area contributed by atoms with Crippen LogP contribution in [0.2, 0.25) is 0 Å². The summed E-state index contributed by atoms with van der Waals surface area (Å²) in [4.78, 5) is 18.7. The molecule has 0 saturated carbocycles. The number of rotatable bonds is 3. The summed E-state index contributed by atoms with van der Waals surface area (Å²) in [5.41, 5.74) is 6.09. The second-order valence-corrected chi connectivity index (χ2v) is 6.80. The van der Waals surface area contributed by atoms with Crippen molar-refractivity contribution in [3.63, 3.8) is 0 Å². The molecule has 4 aromatic rings. The molecule has 0 amide bonds. The molecule has 0 atom stereocenters. The minimum Gasteiger partial charge on any atom is -0.339 e. The lowest BCUT2D eigenvalue weighted by Crippen LogP contribution is -1.96. The van der Waals surface area contributed by atoms with Crippen LogP contribution >= 0.6 is 12.2 Å². The Bertz CT molecular complexity index is 1260. The number of nitro benzene ring substituents is 1. The molecule has 2 aromatic heterocycles. The van der Waals surface area contributed by atoms with E-state index in [1.54, 1.807) is 28.8 Å². The average molecular weight is 376 g/mol. The van der Waals surface area contributed by atoms with E-state index in [1.807, 2.05) is 19.2 Å². The summed E-state index contributed by atoms with van der Waals surface area (Å²) in [5, 5.41) is 11.4. The summed E-state index contributed by atoms with van der Waals surface area (Å²) in [6, 6.07) is 12.8. The predicted octanol–water partition coefficient (Wildman–Crippen LogP) is 5.25. The fourth-order valence-electron chi connectivity index (χ4n) is 3.32. The van der Waals surface area contributed by atoms with Crippen molar-refractivity contribution < 1.29 is 4.92 Å². The van der Waals surface area contributed by atoms with E-state index < -0.39 is 0 Å². The molecule has 0 saturated heterocycles. The van der Waals surface area contributed by atoms with Crippen LogP contribution in [0.3, 0.4) is 0 Å². The molecule has 6 nitrogen and oxygen atoms in total. The average Bonchev–Trinajstić information content (AvgIpc) is 3.08. The lowest BCUT2D eigenvalue weighted by molar-refractivity contribution is -0.384. The number of nitro groups is 1. The summed E-state index contributed by atoms with van der Waals surface area (Å²) in [6.07, 6.45) is 3.48. The van der Waals surface area contributed by atoms with E-state index >= 15 is 0 Å². The van der Waals surface area contributed by atoms with E-state index in [0.29, 0.717) is 21.5 Å². The normalized spacial score (nSPS) is 11.0.